The van der Waals surface area contributed by atoms with Gasteiger partial charge in [-0.2, -0.15) is 5.10 Å². The van der Waals surface area contributed by atoms with Gasteiger partial charge in [0.05, 0.1) is 24.4 Å². The summed E-state index contributed by atoms with van der Waals surface area (Å²) in [5.41, 5.74) is 2.27. The van der Waals surface area contributed by atoms with Crippen molar-refractivity contribution in [2.75, 3.05) is 27.7 Å². The van der Waals surface area contributed by atoms with E-state index in [9.17, 15) is 0 Å². The second-order valence-electron chi connectivity index (χ2n) is 6.28. The molecular weight excluding hydrogens is 308 g/mol. The lowest BCUT2D eigenvalue weighted by Gasteiger charge is -2.23. The maximum absolute atomic E-state index is 5.54. The fourth-order valence-electron chi connectivity index (χ4n) is 2.81. The van der Waals surface area contributed by atoms with Crippen molar-refractivity contribution in [1.82, 2.24) is 20.0 Å². The predicted molar refractivity (Wildman–Crippen MR) is 96.3 cm³/mol. The molecule has 0 saturated carbocycles. The van der Waals surface area contributed by atoms with E-state index in [0.29, 0.717) is 12.0 Å². The Morgan fingerprint density at radius 1 is 1.39 bits per heavy atom. The van der Waals surface area contributed by atoms with Crippen LogP contribution in [0.1, 0.15) is 41.9 Å². The summed E-state index contributed by atoms with van der Waals surface area (Å²) in [7, 11) is 7.88. The van der Waals surface area contributed by atoms with Crippen LogP contribution in [0.2, 0.25) is 0 Å². The number of methoxy groups -OCH3 is 1. The van der Waals surface area contributed by atoms with E-state index in [2.05, 4.69) is 60.8 Å². The third kappa shape index (κ3) is 4.13. The summed E-state index contributed by atoms with van der Waals surface area (Å²) in [4.78, 5) is 3.63. The third-order valence-electron chi connectivity index (χ3n) is 3.99. The van der Waals surface area contributed by atoms with Crippen LogP contribution in [0.15, 0.2) is 17.5 Å². The highest BCUT2D eigenvalue weighted by molar-refractivity contribution is 7.10. The number of nitrogens with zero attached hydrogens (tertiary/aromatic N) is 3. The molecule has 2 rings (SSSR count). The maximum Gasteiger partial charge on any atom is 0.216 e. The van der Waals surface area contributed by atoms with Gasteiger partial charge in [-0.3, -0.25) is 0 Å². The van der Waals surface area contributed by atoms with Crippen molar-refractivity contribution in [3.05, 3.63) is 33.6 Å². The minimum atomic E-state index is 0.375. The number of ether oxygens (including phenoxy) is 1. The summed E-state index contributed by atoms with van der Waals surface area (Å²) in [6, 6.07) is 4.68. The topological polar surface area (TPSA) is 42.3 Å². The van der Waals surface area contributed by atoms with Crippen molar-refractivity contribution in [3.63, 3.8) is 0 Å². The molecule has 0 aliphatic rings. The van der Waals surface area contributed by atoms with E-state index in [4.69, 9.17) is 4.74 Å². The summed E-state index contributed by atoms with van der Waals surface area (Å²) in [5, 5.41) is 10.3. The molecule has 0 radical (unpaired) electrons. The van der Waals surface area contributed by atoms with Gasteiger partial charge in [-0.15, -0.1) is 11.3 Å². The van der Waals surface area contributed by atoms with Crippen LogP contribution in [0.3, 0.4) is 0 Å². The Bertz CT molecular complexity index is 604. The smallest absolute Gasteiger partial charge is 0.216 e. The van der Waals surface area contributed by atoms with Gasteiger partial charge >= 0.3 is 0 Å². The molecule has 0 aliphatic heterocycles. The Morgan fingerprint density at radius 3 is 2.65 bits per heavy atom. The van der Waals surface area contributed by atoms with Crippen LogP contribution in [-0.4, -0.2) is 42.4 Å². The van der Waals surface area contributed by atoms with E-state index in [0.717, 1.165) is 30.2 Å². The molecule has 1 N–H and O–H groups in total. The van der Waals surface area contributed by atoms with Crippen molar-refractivity contribution in [1.29, 1.82) is 0 Å². The SMILES string of the molecule is COc1c(CNCC(c2cccs2)N(C)C)c(C(C)C)nn1C. The van der Waals surface area contributed by atoms with E-state index >= 15 is 0 Å². The van der Waals surface area contributed by atoms with E-state index in [1.165, 1.54) is 4.88 Å². The van der Waals surface area contributed by atoms with Gasteiger partial charge < -0.3 is 15.0 Å². The lowest BCUT2D eigenvalue weighted by atomic mass is 10.1. The monoisotopic (exact) mass is 336 g/mol. The van der Waals surface area contributed by atoms with Gasteiger partial charge in [-0.25, -0.2) is 4.68 Å². The van der Waals surface area contributed by atoms with E-state index in [1.54, 1.807) is 18.4 Å². The summed E-state index contributed by atoms with van der Waals surface area (Å²) in [6.45, 7) is 5.99. The first kappa shape index (κ1) is 18.0. The Labute approximate surface area is 143 Å². The molecule has 128 valence electrons. The Hall–Kier alpha value is -1.37. The molecule has 23 heavy (non-hydrogen) atoms. The number of hydrogen-bond acceptors (Lipinski definition) is 5. The lowest BCUT2D eigenvalue weighted by molar-refractivity contribution is 0.291. The van der Waals surface area contributed by atoms with Crippen LogP contribution in [0.5, 0.6) is 5.88 Å². The average molecular weight is 337 g/mol. The number of aryl methyl sites for hydroxylation is 1. The Morgan fingerprint density at radius 2 is 2.13 bits per heavy atom. The van der Waals surface area contributed by atoms with Gasteiger partial charge in [-0.1, -0.05) is 19.9 Å². The second-order valence-corrected chi connectivity index (χ2v) is 7.26. The predicted octanol–water partition coefficient (Wildman–Crippen LogP) is 3.01. The van der Waals surface area contributed by atoms with Crippen molar-refractivity contribution in [3.8, 4) is 5.88 Å². The summed E-state index contributed by atoms with van der Waals surface area (Å²) in [5.74, 6) is 1.22. The molecule has 2 heterocycles. The van der Waals surface area contributed by atoms with Crippen LogP contribution >= 0.6 is 11.3 Å². The number of thiophene rings is 1. The molecule has 0 aromatic carbocycles. The number of rotatable bonds is 8. The minimum absolute atomic E-state index is 0.375. The molecule has 0 saturated heterocycles. The van der Waals surface area contributed by atoms with Gasteiger partial charge in [0, 0.05) is 25.0 Å². The highest BCUT2D eigenvalue weighted by Crippen LogP contribution is 2.27. The molecule has 6 heteroatoms. The van der Waals surface area contributed by atoms with Crippen LogP contribution in [0, 0.1) is 0 Å². The molecule has 1 atom stereocenters. The van der Waals surface area contributed by atoms with E-state index in [1.807, 2.05) is 11.7 Å². The largest absolute Gasteiger partial charge is 0.481 e. The minimum Gasteiger partial charge on any atom is -0.481 e. The van der Waals surface area contributed by atoms with Gasteiger partial charge in [0.25, 0.3) is 0 Å². The number of likely N-dealkylation sites (N-methyl/N-ethyl adjacent to an activating group) is 1. The zero-order chi connectivity index (χ0) is 17.0. The normalized spacial score (nSPS) is 13.0. The number of nitrogens with one attached hydrogen (secondary N) is 1. The van der Waals surface area contributed by atoms with E-state index in [-0.39, 0.29) is 0 Å². The lowest BCUT2D eigenvalue weighted by Crippen LogP contribution is -2.30. The molecule has 5 nitrogen and oxygen atoms in total. The zero-order valence-electron chi connectivity index (χ0n) is 15.0. The first-order valence-corrected chi connectivity index (χ1v) is 8.84. The highest BCUT2D eigenvalue weighted by atomic mass is 32.1. The van der Waals surface area contributed by atoms with Gasteiger partial charge in [0.1, 0.15) is 0 Å². The quantitative estimate of drug-likeness (QED) is 0.805. The average Bonchev–Trinajstić information content (AvgIpc) is 3.11. The molecule has 1 unspecified atom stereocenters. The first-order chi connectivity index (χ1) is 11.0. The molecule has 0 fully saturated rings. The fourth-order valence-corrected chi connectivity index (χ4v) is 3.73. The summed E-state index contributed by atoms with van der Waals surface area (Å²) >= 11 is 1.80. The van der Waals surface area contributed by atoms with Gasteiger partial charge in [0.15, 0.2) is 0 Å². The van der Waals surface area contributed by atoms with Crippen LogP contribution in [0.25, 0.3) is 0 Å². The van der Waals surface area contributed by atoms with Gasteiger partial charge in [0.2, 0.25) is 5.88 Å². The van der Waals surface area contributed by atoms with Gasteiger partial charge in [-0.05, 0) is 31.5 Å². The molecule has 0 bridgehead atoms. The van der Waals surface area contributed by atoms with Crippen LogP contribution in [-0.2, 0) is 13.6 Å². The van der Waals surface area contributed by atoms with Crippen molar-refractivity contribution in [2.45, 2.75) is 32.4 Å². The first-order valence-electron chi connectivity index (χ1n) is 7.96. The van der Waals surface area contributed by atoms with Crippen LogP contribution in [0.4, 0.5) is 0 Å². The molecule has 0 amide bonds. The second kappa shape index (κ2) is 7.95. The zero-order valence-corrected chi connectivity index (χ0v) is 15.8. The summed E-state index contributed by atoms with van der Waals surface area (Å²) < 4.78 is 7.36. The Balaban J connectivity index is 2.08. The number of hydrogen-bond donors (Lipinski definition) is 1. The molecule has 0 spiro atoms. The summed E-state index contributed by atoms with van der Waals surface area (Å²) in [6.07, 6.45) is 0. The van der Waals surface area contributed by atoms with Crippen molar-refractivity contribution >= 4 is 11.3 Å². The van der Waals surface area contributed by atoms with Crippen molar-refractivity contribution < 1.29 is 4.74 Å². The Kier molecular flexibility index (Phi) is 6.21. The molecule has 0 aliphatic carbocycles. The van der Waals surface area contributed by atoms with Crippen molar-refractivity contribution in [2.24, 2.45) is 7.05 Å². The fraction of sp³-hybridized carbons (Fsp3) is 0.588. The third-order valence-corrected chi connectivity index (χ3v) is 4.97. The maximum atomic E-state index is 5.54. The number of aromatic nitrogens is 2. The van der Waals surface area contributed by atoms with E-state index < -0.39 is 0 Å². The highest BCUT2D eigenvalue weighted by Gasteiger charge is 2.20. The standard InChI is InChI=1S/C17H28N4OS/c1-12(2)16-13(17(22-6)21(5)19-16)10-18-11-14(20(3)4)15-8-7-9-23-15/h7-9,12,14,18H,10-11H2,1-6H3. The molecular formula is C17H28N4OS. The van der Waals surface area contributed by atoms with Crippen LogP contribution < -0.4 is 10.1 Å². The molecule has 2 aromatic rings. The molecule has 2 aromatic heterocycles.